The molecule has 0 aromatic heterocycles. The van der Waals surface area contributed by atoms with E-state index in [0.29, 0.717) is 18.5 Å². The van der Waals surface area contributed by atoms with Gasteiger partial charge in [-0.3, -0.25) is 14.7 Å². The van der Waals surface area contributed by atoms with Crippen molar-refractivity contribution in [3.05, 3.63) is 34.9 Å². The van der Waals surface area contributed by atoms with Gasteiger partial charge < -0.3 is 15.0 Å². The van der Waals surface area contributed by atoms with Crippen LogP contribution < -0.4 is 5.32 Å². The number of ether oxygens (including phenoxy) is 1. The highest BCUT2D eigenvalue weighted by molar-refractivity contribution is 14.0. The molecule has 0 spiro atoms. The third-order valence-corrected chi connectivity index (χ3v) is 6.58. The van der Waals surface area contributed by atoms with Crippen LogP contribution in [0.15, 0.2) is 29.3 Å². The van der Waals surface area contributed by atoms with Gasteiger partial charge in [0.25, 0.3) is 0 Å². The summed E-state index contributed by atoms with van der Waals surface area (Å²) in [6.07, 6.45) is 2.34. The molecule has 168 valence electrons. The lowest BCUT2D eigenvalue weighted by Gasteiger charge is -2.40. The van der Waals surface area contributed by atoms with Crippen LogP contribution in [0, 0.1) is 17.8 Å². The number of nitrogens with zero attached hydrogens (tertiary/aromatic N) is 3. The van der Waals surface area contributed by atoms with Gasteiger partial charge in [0.15, 0.2) is 5.96 Å². The molecular formula is C22H34ClIN4O2. The number of piperidine rings is 1. The molecule has 8 heteroatoms. The van der Waals surface area contributed by atoms with E-state index in [4.69, 9.17) is 16.3 Å². The Morgan fingerprint density at radius 3 is 2.80 bits per heavy atom. The first kappa shape index (κ1) is 25.2. The Hall–Kier alpha value is -1.06. The maximum Gasteiger partial charge on any atom is 0.310 e. The topological polar surface area (TPSA) is 57.2 Å². The summed E-state index contributed by atoms with van der Waals surface area (Å²) in [5.74, 6) is 1.34. The summed E-state index contributed by atoms with van der Waals surface area (Å²) in [7, 11) is 5.45. The fraction of sp³-hybridized carbons (Fsp3) is 0.636. The summed E-state index contributed by atoms with van der Waals surface area (Å²) in [6, 6.07) is 8.54. The molecule has 2 heterocycles. The molecule has 3 rings (SSSR count). The minimum atomic E-state index is -0.134. The second-order valence-corrected chi connectivity index (χ2v) is 8.76. The molecule has 0 radical (unpaired) electrons. The number of halogens is 2. The smallest absolute Gasteiger partial charge is 0.310 e. The fourth-order valence-electron chi connectivity index (χ4n) is 4.84. The van der Waals surface area contributed by atoms with E-state index >= 15 is 0 Å². The Labute approximate surface area is 202 Å². The van der Waals surface area contributed by atoms with E-state index in [2.05, 4.69) is 46.2 Å². The second kappa shape index (κ2) is 11.5. The molecule has 2 saturated heterocycles. The number of benzene rings is 1. The number of carbonyl (C=O) groups is 1. The third kappa shape index (κ3) is 5.79. The van der Waals surface area contributed by atoms with Crippen LogP contribution >= 0.6 is 35.6 Å². The van der Waals surface area contributed by atoms with E-state index in [9.17, 15) is 4.79 Å². The van der Waals surface area contributed by atoms with Crippen LogP contribution in [0.2, 0.25) is 5.02 Å². The standard InChI is InChI=1S/C22H33ClN4O2.HI/c1-15-13-27(14-19(15)21(28)29-4)22(24-2)25-12-17-8-6-10-26(3)20(17)16-7-5-9-18(23)11-16;/h5,7,9,11,15,17,19-20H,6,8,10,12-14H2,1-4H3,(H,24,25);1H. The molecular weight excluding hydrogens is 515 g/mol. The normalized spacial score (nSPS) is 27.5. The van der Waals surface area contributed by atoms with Gasteiger partial charge in [0, 0.05) is 37.7 Å². The summed E-state index contributed by atoms with van der Waals surface area (Å²) in [4.78, 5) is 21.1. The number of hydrogen-bond donors (Lipinski definition) is 1. The van der Waals surface area contributed by atoms with Gasteiger partial charge in [-0.1, -0.05) is 30.7 Å². The first-order valence-electron chi connectivity index (χ1n) is 10.4. The molecule has 2 aliphatic heterocycles. The van der Waals surface area contributed by atoms with Crippen LogP contribution in [0.25, 0.3) is 0 Å². The van der Waals surface area contributed by atoms with Crippen LogP contribution in [0.1, 0.15) is 31.4 Å². The van der Waals surface area contributed by atoms with Gasteiger partial charge in [0.05, 0.1) is 13.0 Å². The molecule has 1 aromatic carbocycles. The number of likely N-dealkylation sites (tertiary alicyclic amines) is 2. The maximum absolute atomic E-state index is 12.0. The minimum Gasteiger partial charge on any atom is -0.469 e. The first-order valence-corrected chi connectivity index (χ1v) is 10.8. The summed E-state index contributed by atoms with van der Waals surface area (Å²) in [6.45, 7) is 5.48. The lowest BCUT2D eigenvalue weighted by molar-refractivity contribution is -0.145. The van der Waals surface area contributed by atoms with Crippen molar-refractivity contribution in [2.75, 3.05) is 47.4 Å². The molecule has 0 saturated carbocycles. The largest absolute Gasteiger partial charge is 0.469 e. The van der Waals surface area contributed by atoms with Crippen LogP contribution in [0.5, 0.6) is 0 Å². The Kier molecular flexibility index (Phi) is 9.68. The van der Waals surface area contributed by atoms with Gasteiger partial charge in [-0.05, 0) is 56.0 Å². The van der Waals surface area contributed by atoms with Crippen molar-refractivity contribution < 1.29 is 9.53 Å². The zero-order valence-corrected chi connectivity index (χ0v) is 21.4. The Balaban J connectivity index is 0.00000320. The Morgan fingerprint density at radius 2 is 2.13 bits per heavy atom. The average molecular weight is 549 g/mol. The average Bonchev–Trinajstić information content (AvgIpc) is 3.09. The van der Waals surface area contributed by atoms with Gasteiger partial charge in [-0.15, -0.1) is 24.0 Å². The van der Waals surface area contributed by atoms with Crippen LogP contribution in [-0.4, -0.2) is 69.1 Å². The van der Waals surface area contributed by atoms with Crippen LogP contribution in [0.4, 0.5) is 0 Å². The summed E-state index contributed by atoms with van der Waals surface area (Å²) >= 11 is 6.26. The molecule has 6 nitrogen and oxygen atoms in total. The molecule has 4 unspecified atom stereocenters. The number of carbonyl (C=O) groups excluding carboxylic acids is 1. The zero-order valence-electron chi connectivity index (χ0n) is 18.3. The van der Waals surface area contributed by atoms with Crippen molar-refractivity contribution in [1.29, 1.82) is 0 Å². The summed E-state index contributed by atoms with van der Waals surface area (Å²) < 4.78 is 4.96. The summed E-state index contributed by atoms with van der Waals surface area (Å²) in [5, 5.41) is 4.36. The quantitative estimate of drug-likeness (QED) is 0.269. The van der Waals surface area contributed by atoms with E-state index in [1.807, 2.05) is 12.1 Å². The van der Waals surface area contributed by atoms with Crippen molar-refractivity contribution in [3.63, 3.8) is 0 Å². The Bertz CT molecular complexity index is 748. The van der Waals surface area contributed by atoms with Crippen molar-refractivity contribution in [2.24, 2.45) is 22.7 Å². The Morgan fingerprint density at radius 1 is 1.37 bits per heavy atom. The van der Waals surface area contributed by atoms with Crippen molar-refractivity contribution >= 4 is 47.5 Å². The van der Waals surface area contributed by atoms with E-state index in [0.717, 1.165) is 37.0 Å². The summed E-state index contributed by atoms with van der Waals surface area (Å²) in [5.41, 5.74) is 1.27. The van der Waals surface area contributed by atoms with Gasteiger partial charge >= 0.3 is 5.97 Å². The highest BCUT2D eigenvalue weighted by Gasteiger charge is 2.37. The lowest BCUT2D eigenvalue weighted by atomic mass is 9.85. The fourth-order valence-corrected chi connectivity index (χ4v) is 5.04. The number of guanidine groups is 1. The molecule has 1 aromatic rings. The number of rotatable bonds is 4. The van der Waals surface area contributed by atoms with E-state index < -0.39 is 0 Å². The van der Waals surface area contributed by atoms with E-state index in [1.54, 1.807) is 7.05 Å². The highest BCUT2D eigenvalue weighted by atomic mass is 127. The van der Waals surface area contributed by atoms with Crippen LogP contribution in [0.3, 0.4) is 0 Å². The van der Waals surface area contributed by atoms with Gasteiger partial charge in [0.1, 0.15) is 0 Å². The van der Waals surface area contributed by atoms with E-state index in [-0.39, 0.29) is 41.8 Å². The number of hydrogen-bond acceptors (Lipinski definition) is 4. The number of esters is 1. The van der Waals surface area contributed by atoms with Crippen molar-refractivity contribution in [1.82, 2.24) is 15.1 Å². The number of aliphatic imine (C=N–C) groups is 1. The molecule has 4 atom stereocenters. The van der Waals surface area contributed by atoms with Gasteiger partial charge in [0.2, 0.25) is 0 Å². The minimum absolute atomic E-state index is 0. The van der Waals surface area contributed by atoms with Crippen molar-refractivity contribution in [3.8, 4) is 0 Å². The number of methoxy groups -OCH3 is 1. The zero-order chi connectivity index (χ0) is 21.0. The van der Waals surface area contributed by atoms with E-state index in [1.165, 1.54) is 19.1 Å². The monoisotopic (exact) mass is 548 g/mol. The molecule has 0 bridgehead atoms. The maximum atomic E-state index is 12.0. The van der Waals surface area contributed by atoms with Gasteiger partial charge in [-0.2, -0.15) is 0 Å². The highest BCUT2D eigenvalue weighted by Crippen LogP contribution is 2.35. The van der Waals surface area contributed by atoms with Crippen molar-refractivity contribution in [2.45, 2.75) is 25.8 Å². The van der Waals surface area contributed by atoms with Gasteiger partial charge in [-0.25, -0.2) is 0 Å². The predicted octanol–water partition coefficient (Wildman–Crippen LogP) is 3.66. The first-order chi connectivity index (χ1) is 13.9. The second-order valence-electron chi connectivity index (χ2n) is 8.32. The molecule has 2 fully saturated rings. The van der Waals surface area contributed by atoms with Crippen LogP contribution in [-0.2, 0) is 9.53 Å². The SMILES string of the molecule is CN=C(NCC1CCCN(C)C1c1cccc(Cl)c1)N1CC(C)C(C(=O)OC)C1.I. The lowest BCUT2D eigenvalue weighted by Crippen LogP contribution is -2.46. The molecule has 1 N–H and O–H groups in total. The molecule has 0 amide bonds. The third-order valence-electron chi connectivity index (χ3n) is 6.35. The molecule has 2 aliphatic rings. The number of nitrogens with one attached hydrogen (secondary N) is 1. The molecule has 0 aliphatic carbocycles. The molecule has 30 heavy (non-hydrogen) atoms. The predicted molar refractivity (Wildman–Crippen MR) is 133 cm³/mol.